The number of hydrogen-bond donors (Lipinski definition) is 2. The van der Waals surface area contributed by atoms with E-state index in [2.05, 4.69) is 32.7 Å². The summed E-state index contributed by atoms with van der Waals surface area (Å²) in [5.74, 6) is -0.367. The minimum Gasteiger partial charge on any atom is -0.371 e. The van der Waals surface area contributed by atoms with Gasteiger partial charge in [0.2, 0.25) is 0 Å². The molecule has 0 amide bonds. The van der Waals surface area contributed by atoms with Crippen LogP contribution in [0.1, 0.15) is 12.8 Å². The molecule has 0 saturated carbocycles. The fourth-order valence-corrected chi connectivity index (χ4v) is 4.66. The lowest BCUT2D eigenvalue weighted by atomic mass is 10.0. The number of para-hydroxylation sites is 1. The number of nitrogens with zero attached hydrogens (tertiary/aromatic N) is 2. The third kappa shape index (κ3) is 5.69. The number of guanidine groups is 1. The monoisotopic (exact) mass is 418 g/mol. The lowest BCUT2D eigenvalue weighted by Crippen LogP contribution is -2.49. The summed E-state index contributed by atoms with van der Waals surface area (Å²) < 4.78 is 38.4. The van der Waals surface area contributed by atoms with Gasteiger partial charge in [-0.15, -0.1) is 0 Å². The first kappa shape index (κ1) is 21.1. The molecular weight excluding hydrogens is 391 g/mol. The van der Waals surface area contributed by atoms with Crippen molar-refractivity contribution in [3.8, 4) is 0 Å². The van der Waals surface area contributed by atoms with E-state index in [1.165, 1.54) is 23.9 Å². The topological polar surface area (TPSA) is 73.8 Å². The molecule has 2 N–H and O–H groups in total. The predicted octanol–water partition coefficient (Wildman–Crippen LogP) is 2.43. The Morgan fingerprint density at radius 2 is 1.76 bits per heavy atom. The van der Waals surface area contributed by atoms with Crippen LogP contribution in [0.15, 0.2) is 64.5 Å². The summed E-state index contributed by atoms with van der Waals surface area (Å²) in [4.78, 5) is 6.27. The van der Waals surface area contributed by atoms with Crippen LogP contribution in [-0.2, 0) is 9.84 Å². The molecule has 1 fully saturated rings. The van der Waals surface area contributed by atoms with E-state index in [4.69, 9.17) is 0 Å². The van der Waals surface area contributed by atoms with E-state index in [0.29, 0.717) is 5.96 Å². The van der Waals surface area contributed by atoms with Gasteiger partial charge in [0.1, 0.15) is 10.7 Å². The smallest absolute Gasteiger partial charge is 0.191 e. The van der Waals surface area contributed by atoms with Gasteiger partial charge >= 0.3 is 0 Å². The van der Waals surface area contributed by atoms with Gasteiger partial charge in [-0.25, -0.2) is 12.8 Å². The standard InChI is InChI=1S/C21H27FN4O2S/c1-23-21(24-13-16-29(27,28)20-10-6-5-9-19(20)22)25-17-11-14-26(15-12-17)18-7-3-2-4-8-18/h2-10,17H,11-16H2,1H3,(H2,23,24,25). The number of nitrogens with one attached hydrogen (secondary N) is 2. The number of rotatable bonds is 6. The molecule has 6 nitrogen and oxygen atoms in total. The Hall–Kier alpha value is -2.61. The summed E-state index contributed by atoms with van der Waals surface area (Å²) in [5, 5.41) is 6.39. The van der Waals surface area contributed by atoms with E-state index < -0.39 is 15.7 Å². The Morgan fingerprint density at radius 1 is 1.10 bits per heavy atom. The minimum absolute atomic E-state index is 0.152. The maximum Gasteiger partial charge on any atom is 0.191 e. The van der Waals surface area contributed by atoms with Crippen LogP contribution in [0.4, 0.5) is 10.1 Å². The quantitative estimate of drug-likeness (QED) is 0.557. The van der Waals surface area contributed by atoms with Crippen molar-refractivity contribution >= 4 is 21.5 Å². The molecule has 1 heterocycles. The van der Waals surface area contributed by atoms with E-state index in [1.54, 1.807) is 7.05 Å². The SMILES string of the molecule is CN=C(NCCS(=O)(=O)c1ccccc1F)NC1CCN(c2ccccc2)CC1. The number of benzene rings is 2. The van der Waals surface area contributed by atoms with E-state index in [9.17, 15) is 12.8 Å². The number of anilines is 1. The van der Waals surface area contributed by atoms with Crippen LogP contribution in [0.3, 0.4) is 0 Å². The molecule has 2 aromatic carbocycles. The first-order valence-corrected chi connectivity index (χ1v) is 11.4. The van der Waals surface area contributed by atoms with Crippen LogP contribution in [-0.4, -0.2) is 52.9 Å². The molecule has 3 rings (SSSR count). The van der Waals surface area contributed by atoms with Crippen molar-refractivity contribution in [3.05, 3.63) is 60.4 Å². The van der Waals surface area contributed by atoms with Gasteiger partial charge in [0.25, 0.3) is 0 Å². The second kappa shape index (κ2) is 9.73. The zero-order valence-corrected chi connectivity index (χ0v) is 17.3. The highest BCUT2D eigenvalue weighted by atomic mass is 32.2. The lowest BCUT2D eigenvalue weighted by molar-refractivity contribution is 0.462. The zero-order valence-electron chi connectivity index (χ0n) is 16.5. The first-order chi connectivity index (χ1) is 14.0. The molecule has 2 aromatic rings. The summed E-state index contributed by atoms with van der Waals surface area (Å²) in [5.41, 5.74) is 1.23. The van der Waals surface area contributed by atoms with Gasteiger partial charge in [0, 0.05) is 38.4 Å². The van der Waals surface area contributed by atoms with Crippen molar-refractivity contribution < 1.29 is 12.8 Å². The predicted molar refractivity (Wildman–Crippen MR) is 115 cm³/mol. The van der Waals surface area contributed by atoms with E-state index in [1.807, 2.05) is 18.2 Å². The number of sulfone groups is 1. The first-order valence-electron chi connectivity index (χ1n) is 9.74. The van der Waals surface area contributed by atoms with Crippen molar-refractivity contribution in [2.24, 2.45) is 4.99 Å². The van der Waals surface area contributed by atoms with Crippen LogP contribution in [0, 0.1) is 5.82 Å². The largest absolute Gasteiger partial charge is 0.371 e. The third-order valence-corrected chi connectivity index (χ3v) is 6.76. The Balaban J connectivity index is 1.46. The number of hydrogen-bond acceptors (Lipinski definition) is 4. The van der Waals surface area contributed by atoms with Gasteiger partial charge in [0.15, 0.2) is 15.8 Å². The average Bonchev–Trinajstić information content (AvgIpc) is 2.74. The van der Waals surface area contributed by atoms with Crippen molar-refractivity contribution in [3.63, 3.8) is 0 Å². The van der Waals surface area contributed by atoms with E-state index >= 15 is 0 Å². The van der Waals surface area contributed by atoms with Crippen LogP contribution >= 0.6 is 0 Å². The molecule has 8 heteroatoms. The van der Waals surface area contributed by atoms with E-state index in [-0.39, 0.29) is 23.2 Å². The maximum atomic E-state index is 13.8. The Labute approximate surface area is 171 Å². The van der Waals surface area contributed by atoms with Crippen LogP contribution in [0.2, 0.25) is 0 Å². The highest BCUT2D eigenvalue weighted by Crippen LogP contribution is 2.19. The summed E-state index contributed by atoms with van der Waals surface area (Å²) in [6, 6.07) is 16.0. The molecular formula is C21H27FN4O2S. The molecule has 1 saturated heterocycles. The van der Waals surface area contributed by atoms with Crippen molar-refractivity contribution in [1.29, 1.82) is 0 Å². The summed E-state index contributed by atoms with van der Waals surface area (Å²) >= 11 is 0. The molecule has 0 aromatic heterocycles. The van der Waals surface area contributed by atoms with E-state index in [0.717, 1.165) is 32.0 Å². The molecule has 0 aliphatic carbocycles. The van der Waals surface area contributed by atoms with Crippen molar-refractivity contribution in [2.75, 3.05) is 37.3 Å². The molecule has 0 atom stereocenters. The van der Waals surface area contributed by atoms with Gasteiger partial charge in [-0.2, -0.15) is 0 Å². The normalized spacial score (nSPS) is 15.9. The summed E-state index contributed by atoms with van der Waals surface area (Å²) in [7, 11) is -2.04. The molecule has 0 bridgehead atoms. The Kier molecular flexibility index (Phi) is 7.09. The highest BCUT2D eigenvalue weighted by Gasteiger charge is 2.21. The van der Waals surface area contributed by atoms with Crippen LogP contribution in [0.25, 0.3) is 0 Å². The second-order valence-electron chi connectivity index (χ2n) is 6.99. The molecule has 29 heavy (non-hydrogen) atoms. The molecule has 0 spiro atoms. The van der Waals surface area contributed by atoms with Gasteiger partial charge in [-0.1, -0.05) is 30.3 Å². The summed E-state index contributed by atoms with van der Waals surface area (Å²) in [6.45, 7) is 2.04. The van der Waals surface area contributed by atoms with Crippen molar-refractivity contribution in [2.45, 2.75) is 23.8 Å². The van der Waals surface area contributed by atoms with Crippen molar-refractivity contribution in [1.82, 2.24) is 10.6 Å². The fraction of sp³-hybridized carbons (Fsp3) is 0.381. The van der Waals surface area contributed by atoms with Crippen LogP contribution < -0.4 is 15.5 Å². The zero-order chi connectivity index (χ0) is 20.7. The van der Waals surface area contributed by atoms with Gasteiger partial charge < -0.3 is 15.5 Å². The third-order valence-electron chi connectivity index (χ3n) is 5.02. The lowest BCUT2D eigenvalue weighted by Gasteiger charge is -2.34. The Bertz CT molecular complexity index is 927. The number of halogens is 1. The summed E-state index contributed by atoms with van der Waals surface area (Å²) in [6.07, 6.45) is 1.92. The van der Waals surface area contributed by atoms with Gasteiger partial charge in [-0.05, 0) is 37.1 Å². The second-order valence-corrected chi connectivity index (χ2v) is 9.07. The van der Waals surface area contributed by atoms with Gasteiger partial charge in [0.05, 0.1) is 5.75 Å². The maximum absolute atomic E-state index is 13.8. The molecule has 156 valence electrons. The minimum atomic E-state index is -3.69. The number of piperidine rings is 1. The fourth-order valence-electron chi connectivity index (χ4n) is 3.42. The average molecular weight is 419 g/mol. The highest BCUT2D eigenvalue weighted by molar-refractivity contribution is 7.91. The molecule has 0 unspecified atom stereocenters. The molecule has 0 radical (unpaired) electrons. The molecule has 1 aliphatic rings. The van der Waals surface area contributed by atoms with Gasteiger partial charge in [-0.3, -0.25) is 4.99 Å². The van der Waals surface area contributed by atoms with Crippen LogP contribution in [0.5, 0.6) is 0 Å². The molecule has 1 aliphatic heterocycles. The Morgan fingerprint density at radius 3 is 2.41 bits per heavy atom. The number of aliphatic imine (C=N–C) groups is 1.